The van der Waals surface area contributed by atoms with Crippen molar-refractivity contribution in [2.75, 3.05) is 27.3 Å². The summed E-state index contributed by atoms with van der Waals surface area (Å²) >= 11 is 0. The van der Waals surface area contributed by atoms with Crippen molar-refractivity contribution in [2.45, 2.75) is 6.54 Å². The molecule has 0 spiro atoms. The van der Waals surface area contributed by atoms with E-state index in [4.69, 9.17) is 9.47 Å². The zero-order chi connectivity index (χ0) is 22.2. The number of methoxy groups -OCH3 is 1. The SMILES string of the molecule is COc1ccccc1CN(C)C(=O)COC(=O)CNC(=O)c1ccc2ccccc2c1. The lowest BCUT2D eigenvalue weighted by atomic mass is 10.1. The Morgan fingerprint density at radius 2 is 1.65 bits per heavy atom. The monoisotopic (exact) mass is 420 g/mol. The number of hydrogen-bond acceptors (Lipinski definition) is 5. The van der Waals surface area contributed by atoms with E-state index in [0.717, 1.165) is 16.3 Å². The molecule has 0 saturated heterocycles. The number of hydrogen-bond donors (Lipinski definition) is 1. The number of benzene rings is 3. The first kappa shape index (κ1) is 21.8. The summed E-state index contributed by atoms with van der Waals surface area (Å²) in [5.74, 6) is -0.758. The van der Waals surface area contributed by atoms with Crippen LogP contribution in [0.4, 0.5) is 0 Å². The Kier molecular flexibility index (Phi) is 7.22. The van der Waals surface area contributed by atoms with Gasteiger partial charge >= 0.3 is 5.97 Å². The third kappa shape index (κ3) is 5.82. The minimum Gasteiger partial charge on any atom is -0.496 e. The third-order valence-electron chi connectivity index (χ3n) is 4.79. The summed E-state index contributed by atoms with van der Waals surface area (Å²) in [6.07, 6.45) is 0. The molecule has 0 heterocycles. The van der Waals surface area contributed by atoms with E-state index in [1.54, 1.807) is 26.3 Å². The second-order valence-electron chi connectivity index (χ2n) is 6.97. The van der Waals surface area contributed by atoms with Crippen molar-refractivity contribution in [2.24, 2.45) is 0 Å². The summed E-state index contributed by atoms with van der Waals surface area (Å²) in [4.78, 5) is 37.9. The molecule has 3 rings (SSSR count). The van der Waals surface area contributed by atoms with Gasteiger partial charge in [0.2, 0.25) is 0 Å². The van der Waals surface area contributed by atoms with Crippen LogP contribution >= 0.6 is 0 Å². The fourth-order valence-corrected chi connectivity index (χ4v) is 3.07. The van der Waals surface area contributed by atoms with Crippen LogP contribution in [0.1, 0.15) is 15.9 Å². The van der Waals surface area contributed by atoms with Crippen molar-refractivity contribution in [3.05, 3.63) is 77.9 Å². The molecule has 0 radical (unpaired) electrons. The Morgan fingerprint density at radius 1 is 0.935 bits per heavy atom. The normalized spacial score (nSPS) is 10.4. The first-order chi connectivity index (χ1) is 15.0. The lowest BCUT2D eigenvalue weighted by Gasteiger charge is -2.18. The van der Waals surface area contributed by atoms with E-state index in [1.165, 1.54) is 4.90 Å². The Bertz CT molecular complexity index is 1100. The number of para-hydroxylation sites is 1. The summed E-state index contributed by atoms with van der Waals surface area (Å²) < 4.78 is 10.3. The minimum atomic E-state index is -0.687. The Labute approximate surface area is 180 Å². The number of rotatable bonds is 8. The number of fused-ring (bicyclic) bond motifs is 1. The zero-order valence-electron chi connectivity index (χ0n) is 17.5. The van der Waals surface area contributed by atoms with Crippen molar-refractivity contribution in [3.8, 4) is 5.75 Å². The molecule has 2 amide bonds. The fourth-order valence-electron chi connectivity index (χ4n) is 3.07. The Balaban J connectivity index is 1.45. The second kappa shape index (κ2) is 10.2. The summed E-state index contributed by atoms with van der Waals surface area (Å²) in [5, 5.41) is 4.47. The molecule has 0 aliphatic carbocycles. The van der Waals surface area contributed by atoms with Crippen LogP contribution in [0.2, 0.25) is 0 Å². The van der Waals surface area contributed by atoms with Crippen LogP contribution in [0.3, 0.4) is 0 Å². The van der Waals surface area contributed by atoms with Gasteiger partial charge in [0.25, 0.3) is 11.8 Å². The van der Waals surface area contributed by atoms with Crippen LogP contribution in [0.5, 0.6) is 5.75 Å². The second-order valence-corrected chi connectivity index (χ2v) is 6.97. The van der Waals surface area contributed by atoms with Crippen LogP contribution in [-0.2, 0) is 20.9 Å². The molecule has 3 aromatic carbocycles. The summed E-state index contributed by atoms with van der Waals surface area (Å²) in [5.41, 5.74) is 1.29. The van der Waals surface area contributed by atoms with Crippen molar-refractivity contribution in [1.29, 1.82) is 0 Å². The van der Waals surface area contributed by atoms with E-state index in [2.05, 4.69) is 5.32 Å². The predicted octanol–water partition coefficient (Wildman–Crippen LogP) is 2.78. The average Bonchev–Trinajstić information content (AvgIpc) is 2.80. The van der Waals surface area contributed by atoms with Gasteiger partial charge in [0.05, 0.1) is 7.11 Å². The summed E-state index contributed by atoms with van der Waals surface area (Å²) in [6, 6.07) is 20.3. The van der Waals surface area contributed by atoms with Gasteiger partial charge in [0, 0.05) is 24.7 Å². The topological polar surface area (TPSA) is 84.9 Å². The smallest absolute Gasteiger partial charge is 0.325 e. The molecule has 0 unspecified atom stereocenters. The maximum Gasteiger partial charge on any atom is 0.325 e. The van der Waals surface area contributed by atoms with Crippen LogP contribution in [0, 0.1) is 0 Å². The molecular weight excluding hydrogens is 396 g/mol. The van der Waals surface area contributed by atoms with E-state index in [-0.39, 0.29) is 18.4 Å². The highest BCUT2D eigenvalue weighted by Crippen LogP contribution is 2.19. The number of carbonyl (C=O) groups excluding carboxylic acids is 3. The molecule has 0 aromatic heterocycles. The van der Waals surface area contributed by atoms with Crippen molar-refractivity contribution in [3.63, 3.8) is 0 Å². The van der Waals surface area contributed by atoms with Gasteiger partial charge < -0.3 is 19.7 Å². The predicted molar refractivity (Wildman–Crippen MR) is 117 cm³/mol. The third-order valence-corrected chi connectivity index (χ3v) is 4.79. The number of amides is 2. The van der Waals surface area contributed by atoms with Gasteiger partial charge in [-0.25, -0.2) is 0 Å². The molecule has 7 nitrogen and oxygen atoms in total. The van der Waals surface area contributed by atoms with E-state index < -0.39 is 12.6 Å². The summed E-state index contributed by atoms with van der Waals surface area (Å²) in [6.45, 7) is -0.412. The van der Waals surface area contributed by atoms with Crippen LogP contribution in [0.15, 0.2) is 66.7 Å². The van der Waals surface area contributed by atoms with Crippen LogP contribution in [-0.4, -0.2) is 50.0 Å². The van der Waals surface area contributed by atoms with Gasteiger partial charge in [0.15, 0.2) is 6.61 Å². The maximum atomic E-state index is 12.3. The summed E-state index contributed by atoms with van der Waals surface area (Å²) in [7, 11) is 3.18. The molecule has 1 N–H and O–H groups in total. The number of esters is 1. The molecule has 0 bridgehead atoms. The molecule has 7 heteroatoms. The highest BCUT2D eigenvalue weighted by molar-refractivity contribution is 5.99. The van der Waals surface area contributed by atoms with Crippen molar-refractivity contribution < 1.29 is 23.9 Å². The number of nitrogens with one attached hydrogen (secondary N) is 1. The Morgan fingerprint density at radius 3 is 2.42 bits per heavy atom. The first-order valence-electron chi connectivity index (χ1n) is 9.76. The van der Waals surface area contributed by atoms with Gasteiger partial charge in [-0.05, 0) is 29.0 Å². The minimum absolute atomic E-state index is 0.319. The van der Waals surface area contributed by atoms with Gasteiger partial charge in [0.1, 0.15) is 12.3 Å². The molecule has 0 aliphatic rings. The molecule has 0 fully saturated rings. The average molecular weight is 420 g/mol. The number of nitrogens with zero attached hydrogens (tertiary/aromatic N) is 1. The van der Waals surface area contributed by atoms with Crippen molar-refractivity contribution >= 4 is 28.6 Å². The number of carbonyl (C=O) groups is 3. The zero-order valence-corrected chi connectivity index (χ0v) is 17.5. The fraction of sp³-hybridized carbons (Fsp3) is 0.208. The first-order valence-corrected chi connectivity index (χ1v) is 9.76. The molecule has 0 aliphatic heterocycles. The molecule has 31 heavy (non-hydrogen) atoms. The van der Waals surface area contributed by atoms with Crippen LogP contribution in [0.25, 0.3) is 10.8 Å². The molecule has 3 aromatic rings. The standard InChI is InChI=1S/C24H24N2O5/c1-26(15-20-9-5-6-10-21(20)30-2)22(27)16-31-23(28)14-25-24(29)19-12-11-17-7-3-4-8-18(17)13-19/h3-13H,14-16H2,1-2H3,(H,25,29). The van der Waals surface area contributed by atoms with E-state index >= 15 is 0 Å². The highest BCUT2D eigenvalue weighted by atomic mass is 16.5. The molecule has 0 saturated carbocycles. The molecular formula is C24H24N2O5. The van der Waals surface area contributed by atoms with Gasteiger partial charge in [-0.3, -0.25) is 14.4 Å². The lowest BCUT2D eigenvalue weighted by Crippen LogP contribution is -2.34. The van der Waals surface area contributed by atoms with E-state index in [1.807, 2.05) is 54.6 Å². The van der Waals surface area contributed by atoms with E-state index in [0.29, 0.717) is 17.9 Å². The highest BCUT2D eigenvalue weighted by Gasteiger charge is 2.15. The maximum absolute atomic E-state index is 12.3. The number of ether oxygens (including phenoxy) is 2. The lowest BCUT2D eigenvalue weighted by molar-refractivity contribution is -0.150. The molecule has 0 atom stereocenters. The Hall–Kier alpha value is -3.87. The molecule has 160 valence electrons. The van der Waals surface area contributed by atoms with Gasteiger partial charge in [-0.1, -0.05) is 48.5 Å². The van der Waals surface area contributed by atoms with Gasteiger partial charge in [-0.15, -0.1) is 0 Å². The van der Waals surface area contributed by atoms with E-state index in [9.17, 15) is 14.4 Å². The van der Waals surface area contributed by atoms with Crippen molar-refractivity contribution in [1.82, 2.24) is 10.2 Å². The quantitative estimate of drug-likeness (QED) is 0.567. The van der Waals surface area contributed by atoms with Crippen LogP contribution < -0.4 is 10.1 Å². The van der Waals surface area contributed by atoms with Gasteiger partial charge in [-0.2, -0.15) is 0 Å². The number of likely N-dealkylation sites (N-methyl/N-ethyl adjacent to an activating group) is 1. The largest absolute Gasteiger partial charge is 0.496 e.